The summed E-state index contributed by atoms with van der Waals surface area (Å²) in [5.74, 6) is -0.122. The molecule has 0 radical (unpaired) electrons. The van der Waals surface area contributed by atoms with Crippen LogP contribution in [0.4, 0.5) is 10.8 Å². The minimum absolute atomic E-state index is 0.110. The van der Waals surface area contributed by atoms with Crippen LogP contribution < -0.4 is 10.2 Å². The minimum atomic E-state index is -0.232. The Morgan fingerprint density at radius 1 is 1.32 bits per heavy atom. The van der Waals surface area contributed by atoms with Crippen LogP contribution in [0.2, 0.25) is 0 Å². The zero-order valence-corrected chi connectivity index (χ0v) is 15.1. The largest absolute Gasteiger partial charge is 0.312 e. The zero-order valence-electron chi connectivity index (χ0n) is 14.3. The van der Waals surface area contributed by atoms with Gasteiger partial charge in [-0.3, -0.25) is 14.9 Å². The highest BCUT2D eigenvalue weighted by Gasteiger charge is 2.22. The standard InChI is InChI=1S/C18H22N4O2S/c1-2-3-4-9-15-20-21-18(25-15)19-17(24)13-7-5-8-14(12-13)22-11-6-10-16(22)23/h5,7-8,12H,2-4,6,9-11H2,1H3,(H,19,21,24). The van der Waals surface area contributed by atoms with Gasteiger partial charge in [0.15, 0.2) is 0 Å². The van der Waals surface area contributed by atoms with Gasteiger partial charge in [0.2, 0.25) is 11.0 Å². The summed E-state index contributed by atoms with van der Waals surface area (Å²) in [6.45, 7) is 2.87. The van der Waals surface area contributed by atoms with Gasteiger partial charge in [-0.2, -0.15) is 0 Å². The van der Waals surface area contributed by atoms with Crippen molar-refractivity contribution in [3.63, 3.8) is 0 Å². The molecule has 1 aliphatic rings. The van der Waals surface area contributed by atoms with Crippen molar-refractivity contribution in [1.82, 2.24) is 10.2 Å². The molecule has 25 heavy (non-hydrogen) atoms. The molecule has 0 unspecified atom stereocenters. The number of aryl methyl sites for hydroxylation is 1. The Morgan fingerprint density at radius 2 is 2.20 bits per heavy atom. The third kappa shape index (κ3) is 4.42. The van der Waals surface area contributed by atoms with Gasteiger partial charge < -0.3 is 4.90 Å². The maximum absolute atomic E-state index is 12.5. The lowest BCUT2D eigenvalue weighted by atomic mass is 10.2. The molecule has 0 aliphatic carbocycles. The molecule has 1 aromatic carbocycles. The number of rotatable bonds is 7. The number of benzene rings is 1. The van der Waals surface area contributed by atoms with Crippen LogP contribution >= 0.6 is 11.3 Å². The highest BCUT2D eigenvalue weighted by Crippen LogP contribution is 2.23. The second kappa shape index (κ2) is 8.20. The smallest absolute Gasteiger partial charge is 0.257 e. The van der Waals surface area contributed by atoms with E-state index in [0.717, 1.165) is 36.4 Å². The Hall–Kier alpha value is -2.28. The van der Waals surface area contributed by atoms with Crippen LogP contribution in [0.25, 0.3) is 0 Å². The molecule has 2 aromatic rings. The van der Waals surface area contributed by atoms with Gasteiger partial charge in [-0.15, -0.1) is 10.2 Å². The zero-order chi connectivity index (χ0) is 17.6. The summed E-state index contributed by atoms with van der Waals surface area (Å²) in [5.41, 5.74) is 1.28. The lowest BCUT2D eigenvalue weighted by Gasteiger charge is -2.16. The van der Waals surface area contributed by atoms with Gasteiger partial charge in [-0.05, 0) is 31.0 Å². The van der Waals surface area contributed by atoms with E-state index in [1.54, 1.807) is 23.1 Å². The molecular weight excluding hydrogens is 336 g/mol. The number of unbranched alkanes of at least 4 members (excludes halogenated alkanes) is 2. The second-order valence-corrected chi connectivity index (χ2v) is 7.17. The molecule has 132 valence electrons. The molecule has 0 saturated carbocycles. The van der Waals surface area contributed by atoms with E-state index in [1.165, 1.54) is 17.8 Å². The summed E-state index contributed by atoms with van der Waals surface area (Å²) in [4.78, 5) is 26.1. The number of carbonyl (C=O) groups is 2. The third-order valence-corrected chi connectivity index (χ3v) is 5.07. The highest BCUT2D eigenvalue weighted by molar-refractivity contribution is 7.15. The van der Waals surface area contributed by atoms with Gasteiger partial charge in [0.05, 0.1) is 0 Å². The summed E-state index contributed by atoms with van der Waals surface area (Å²) >= 11 is 1.42. The van der Waals surface area contributed by atoms with Crippen molar-refractivity contribution >= 4 is 34.0 Å². The molecule has 1 aliphatic heterocycles. The van der Waals surface area contributed by atoms with E-state index < -0.39 is 0 Å². The van der Waals surface area contributed by atoms with E-state index in [-0.39, 0.29) is 11.8 Å². The average Bonchev–Trinajstić information content (AvgIpc) is 3.24. The normalized spacial score (nSPS) is 14.1. The summed E-state index contributed by atoms with van der Waals surface area (Å²) < 4.78 is 0. The van der Waals surface area contributed by atoms with Crippen LogP contribution in [0.15, 0.2) is 24.3 Å². The van der Waals surface area contributed by atoms with Crippen molar-refractivity contribution < 1.29 is 9.59 Å². The first kappa shape index (κ1) is 17.5. The number of carbonyl (C=O) groups excluding carboxylic acids is 2. The molecular formula is C18H22N4O2S. The molecule has 1 aromatic heterocycles. The summed E-state index contributed by atoms with van der Waals surface area (Å²) in [6.07, 6.45) is 5.75. The molecule has 1 saturated heterocycles. The monoisotopic (exact) mass is 358 g/mol. The van der Waals surface area contributed by atoms with Crippen molar-refractivity contribution in [2.24, 2.45) is 0 Å². The molecule has 0 spiro atoms. The van der Waals surface area contributed by atoms with E-state index in [4.69, 9.17) is 0 Å². The number of nitrogens with zero attached hydrogens (tertiary/aromatic N) is 3. The first-order valence-corrected chi connectivity index (χ1v) is 9.53. The van der Waals surface area contributed by atoms with Gasteiger partial charge in [0.1, 0.15) is 5.01 Å². The van der Waals surface area contributed by atoms with Crippen LogP contribution in [0.3, 0.4) is 0 Å². The average molecular weight is 358 g/mol. The Morgan fingerprint density at radius 3 is 2.96 bits per heavy atom. The SMILES string of the molecule is CCCCCc1nnc(NC(=O)c2cccc(N3CCCC3=O)c2)s1. The summed E-state index contributed by atoms with van der Waals surface area (Å²) in [7, 11) is 0. The number of aromatic nitrogens is 2. The number of nitrogens with one attached hydrogen (secondary N) is 1. The van der Waals surface area contributed by atoms with E-state index in [9.17, 15) is 9.59 Å². The second-order valence-electron chi connectivity index (χ2n) is 6.11. The van der Waals surface area contributed by atoms with E-state index in [1.807, 2.05) is 6.07 Å². The van der Waals surface area contributed by atoms with Crippen LogP contribution in [0.5, 0.6) is 0 Å². The molecule has 1 N–H and O–H groups in total. The quantitative estimate of drug-likeness (QED) is 0.767. The minimum Gasteiger partial charge on any atom is -0.312 e. The van der Waals surface area contributed by atoms with Crippen LogP contribution in [-0.2, 0) is 11.2 Å². The molecule has 2 heterocycles. The lowest BCUT2D eigenvalue weighted by molar-refractivity contribution is -0.117. The Kier molecular flexibility index (Phi) is 5.75. The van der Waals surface area contributed by atoms with E-state index in [0.29, 0.717) is 23.7 Å². The molecule has 2 amide bonds. The molecule has 3 rings (SSSR count). The number of anilines is 2. The predicted octanol–water partition coefficient (Wildman–Crippen LogP) is 3.65. The first-order valence-electron chi connectivity index (χ1n) is 8.71. The fraction of sp³-hybridized carbons (Fsp3) is 0.444. The molecule has 0 atom stereocenters. The van der Waals surface area contributed by atoms with Gasteiger partial charge in [-0.25, -0.2) is 0 Å². The summed E-state index contributed by atoms with van der Waals surface area (Å²) in [6, 6.07) is 7.15. The topological polar surface area (TPSA) is 75.2 Å². The summed E-state index contributed by atoms with van der Waals surface area (Å²) in [5, 5.41) is 12.4. The number of hydrogen-bond acceptors (Lipinski definition) is 5. The fourth-order valence-corrected chi connectivity index (χ4v) is 3.61. The maximum Gasteiger partial charge on any atom is 0.257 e. The van der Waals surface area contributed by atoms with Crippen molar-refractivity contribution in [1.29, 1.82) is 0 Å². The Balaban J connectivity index is 1.64. The Labute approximate surface area is 151 Å². The van der Waals surface area contributed by atoms with Crippen molar-refractivity contribution in [2.75, 3.05) is 16.8 Å². The fourth-order valence-electron chi connectivity index (χ4n) is 2.84. The van der Waals surface area contributed by atoms with E-state index >= 15 is 0 Å². The van der Waals surface area contributed by atoms with Crippen molar-refractivity contribution in [3.05, 3.63) is 34.8 Å². The maximum atomic E-state index is 12.5. The number of amides is 2. The van der Waals surface area contributed by atoms with Crippen LogP contribution in [0, 0.1) is 0 Å². The van der Waals surface area contributed by atoms with Crippen LogP contribution in [0.1, 0.15) is 54.4 Å². The van der Waals surface area contributed by atoms with Crippen LogP contribution in [-0.4, -0.2) is 28.6 Å². The molecule has 0 bridgehead atoms. The van der Waals surface area contributed by atoms with Gasteiger partial charge >= 0.3 is 0 Å². The van der Waals surface area contributed by atoms with Gasteiger partial charge in [0, 0.05) is 30.6 Å². The number of hydrogen-bond donors (Lipinski definition) is 1. The lowest BCUT2D eigenvalue weighted by Crippen LogP contribution is -2.24. The van der Waals surface area contributed by atoms with Gasteiger partial charge in [-0.1, -0.05) is 37.2 Å². The van der Waals surface area contributed by atoms with Crippen molar-refractivity contribution in [2.45, 2.75) is 45.4 Å². The Bertz CT molecular complexity index is 759. The predicted molar refractivity (Wildman–Crippen MR) is 99.1 cm³/mol. The first-order chi connectivity index (χ1) is 12.2. The van der Waals surface area contributed by atoms with Gasteiger partial charge in [0.25, 0.3) is 5.91 Å². The van der Waals surface area contributed by atoms with E-state index in [2.05, 4.69) is 22.4 Å². The molecule has 1 fully saturated rings. The molecule has 7 heteroatoms. The highest BCUT2D eigenvalue weighted by atomic mass is 32.1. The molecule has 6 nitrogen and oxygen atoms in total. The third-order valence-electron chi connectivity index (χ3n) is 4.17. The van der Waals surface area contributed by atoms with Crippen molar-refractivity contribution in [3.8, 4) is 0 Å².